The van der Waals surface area contributed by atoms with E-state index in [0.29, 0.717) is 22.6 Å². The van der Waals surface area contributed by atoms with Crippen molar-refractivity contribution >= 4 is 45.2 Å². The third-order valence-corrected chi connectivity index (χ3v) is 12.4. The molecular weight excluding hydrogens is 911 g/mol. The van der Waals surface area contributed by atoms with Crippen molar-refractivity contribution in [1.82, 2.24) is 40.3 Å². The van der Waals surface area contributed by atoms with E-state index >= 15 is 0 Å². The Hall–Kier alpha value is -5.25. The number of methoxy groups -OCH3 is 3. The minimum atomic E-state index is -5.01. The van der Waals surface area contributed by atoms with Gasteiger partial charge in [0.1, 0.15) is 61.1 Å². The van der Waals surface area contributed by atoms with Crippen molar-refractivity contribution in [2.24, 2.45) is 5.92 Å². The number of ether oxygens (including phenoxy) is 6. The Kier molecular flexibility index (Phi) is 17.0. The van der Waals surface area contributed by atoms with Crippen LogP contribution < -0.4 is 16.0 Å². The van der Waals surface area contributed by atoms with Gasteiger partial charge in [-0.15, -0.1) is 0 Å². The van der Waals surface area contributed by atoms with Crippen molar-refractivity contribution in [1.29, 1.82) is 0 Å². The number of nitrogens with zero attached hydrogens (tertiary/aromatic N) is 6. The second-order valence-electron chi connectivity index (χ2n) is 16.3. The molecule has 5 heterocycles. The predicted molar refractivity (Wildman–Crippen MR) is 226 cm³/mol. The molecular formula is C40H55N9O17S. The van der Waals surface area contributed by atoms with E-state index in [1.54, 1.807) is 12.3 Å². The Labute approximate surface area is 384 Å². The van der Waals surface area contributed by atoms with Gasteiger partial charge in [-0.25, -0.2) is 30.3 Å². The highest BCUT2D eigenvalue weighted by Gasteiger charge is 2.53. The number of aliphatic hydroxyl groups is 3. The van der Waals surface area contributed by atoms with Crippen molar-refractivity contribution in [2.45, 2.75) is 125 Å². The number of hydrogen-bond acceptors (Lipinski definition) is 19. The van der Waals surface area contributed by atoms with Crippen molar-refractivity contribution in [3.05, 3.63) is 42.4 Å². The third-order valence-electron chi connectivity index (χ3n) is 12.0. The summed E-state index contributed by atoms with van der Waals surface area (Å²) in [6.45, 7) is 9.45. The van der Waals surface area contributed by atoms with E-state index in [0.717, 1.165) is 53.9 Å². The van der Waals surface area contributed by atoms with Crippen LogP contribution in [-0.2, 0) is 57.4 Å². The summed E-state index contributed by atoms with van der Waals surface area (Å²) in [5.41, 5.74) is 1.35. The number of aliphatic hydroxyl groups excluding tert-OH is 3. The Morgan fingerprint density at radius 1 is 1.01 bits per heavy atom. The molecule has 0 spiro atoms. The van der Waals surface area contributed by atoms with Gasteiger partial charge >= 0.3 is 22.4 Å². The van der Waals surface area contributed by atoms with Crippen LogP contribution in [0.5, 0.6) is 0 Å². The maximum Gasteiger partial charge on any atom is 0.397 e. The summed E-state index contributed by atoms with van der Waals surface area (Å²) < 4.78 is 71.8. The maximum absolute atomic E-state index is 13.7. The molecule has 5 unspecified atom stereocenters. The van der Waals surface area contributed by atoms with Gasteiger partial charge in [0.2, 0.25) is 11.9 Å². The molecule has 27 heteroatoms. The van der Waals surface area contributed by atoms with Crippen molar-refractivity contribution in [3.63, 3.8) is 0 Å². The molecule has 3 fully saturated rings. The lowest BCUT2D eigenvalue weighted by Gasteiger charge is -2.47. The molecule has 0 aromatic carbocycles. The van der Waals surface area contributed by atoms with Crippen LogP contribution in [0.1, 0.15) is 52.0 Å². The SMILES string of the molecule is [C-]#[N+]C(C)[C@H](C1CCCC1)n1cc(-c2ncnc3c2ccn3C(=O)N[C@@H](CCNC(=O)C2O[C@@H](OC3[C@H](O)C(COS(=O)(=O)O)O[C@@H](OC)[C@H]3NC(C)=O)C(O)[C@@H](O)[C@@H]2OC)C(=O)OC)cn1. The fourth-order valence-electron chi connectivity index (χ4n) is 8.76. The normalized spacial score (nSPS) is 28.2. The van der Waals surface area contributed by atoms with Crippen molar-refractivity contribution < 1.29 is 80.1 Å². The third kappa shape index (κ3) is 11.7. The van der Waals surface area contributed by atoms with Gasteiger partial charge in [-0.2, -0.15) is 13.5 Å². The molecule has 2 saturated heterocycles. The lowest BCUT2D eigenvalue weighted by atomic mass is 9.93. The van der Waals surface area contributed by atoms with Crippen LogP contribution in [0, 0.1) is 12.5 Å². The first-order valence-corrected chi connectivity index (χ1v) is 22.6. The van der Waals surface area contributed by atoms with Crippen LogP contribution in [0.3, 0.4) is 0 Å². The molecule has 26 nitrogen and oxygen atoms in total. The van der Waals surface area contributed by atoms with Crippen LogP contribution in [0.15, 0.2) is 31.0 Å². The van der Waals surface area contributed by atoms with Gasteiger partial charge in [0.05, 0.1) is 25.6 Å². The van der Waals surface area contributed by atoms with Gasteiger partial charge in [0.25, 0.3) is 5.91 Å². The van der Waals surface area contributed by atoms with Gasteiger partial charge in [0.15, 0.2) is 24.3 Å². The molecule has 368 valence electrons. The molecule has 7 N–H and O–H groups in total. The molecule has 3 aromatic heterocycles. The lowest BCUT2D eigenvalue weighted by Crippen LogP contribution is -2.68. The van der Waals surface area contributed by atoms with Gasteiger partial charge in [0, 0.05) is 58.0 Å². The molecule has 0 bridgehead atoms. The van der Waals surface area contributed by atoms with E-state index in [1.165, 1.54) is 17.1 Å². The monoisotopic (exact) mass is 965 g/mol. The summed E-state index contributed by atoms with van der Waals surface area (Å²) >= 11 is 0. The summed E-state index contributed by atoms with van der Waals surface area (Å²) in [6.07, 6.45) is -5.33. The first-order chi connectivity index (χ1) is 31.9. The Morgan fingerprint density at radius 2 is 1.75 bits per heavy atom. The van der Waals surface area contributed by atoms with Gasteiger partial charge in [-0.1, -0.05) is 12.8 Å². The zero-order valence-electron chi connectivity index (χ0n) is 37.1. The molecule has 67 heavy (non-hydrogen) atoms. The van der Waals surface area contributed by atoms with Crippen LogP contribution in [-0.4, -0.2) is 184 Å². The number of nitrogens with one attached hydrogen (secondary N) is 3. The van der Waals surface area contributed by atoms with Crippen molar-refractivity contribution in [2.75, 3.05) is 34.5 Å². The van der Waals surface area contributed by atoms with Crippen LogP contribution in [0.25, 0.3) is 27.1 Å². The minimum absolute atomic E-state index is 0.114. The van der Waals surface area contributed by atoms with E-state index in [1.807, 2.05) is 17.8 Å². The standard InChI is InChI=1S/C40H55N9O17S/c1-19(41-3)28(21-9-7-8-10-21)49-16-22(15-45-49)26-23-12-14-48(35(23)44-18-43-26)40(56)47-24(37(55)61-5)11-13-42-36(54)34-33(60-4)30(52)31(53)39(66-34)65-32-27(46-20(2)50)38(62-6)64-25(29(32)51)17-63-67(57,58)59/h12,14-16,18-19,21,24-25,27-34,38-39,51-53H,7-11,13,17H2,1-2,4-6H3,(H,42,54)(H,46,50)(H,47,56)(H,57,58,59)/t19?,24-,25?,27-,28+,29+,30+,31?,32?,33-,34?,38+,39+/m0/s1. The predicted octanol–water partition coefficient (Wildman–Crippen LogP) is -1.16. The van der Waals surface area contributed by atoms with Gasteiger partial charge < -0.3 is 64.5 Å². The topological polar surface area (TPSA) is 337 Å². The zero-order valence-corrected chi connectivity index (χ0v) is 37.9. The van der Waals surface area contributed by atoms with E-state index in [2.05, 4.69) is 40.0 Å². The summed E-state index contributed by atoms with van der Waals surface area (Å²) in [5.74, 6) is -2.14. The smallest absolute Gasteiger partial charge is 0.397 e. The number of carbonyl (C=O) groups excluding carboxylic acids is 4. The molecule has 3 aliphatic rings. The number of hydrogen-bond donors (Lipinski definition) is 7. The average molecular weight is 966 g/mol. The second-order valence-corrected chi connectivity index (χ2v) is 17.4. The molecule has 3 aromatic rings. The summed E-state index contributed by atoms with van der Waals surface area (Å²) in [6, 6.07) is -2.23. The molecule has 13 atom stereocenters. The van der Waals surface area contributed by atoms with E-state index in [4.69, 9.17) is 39.5 Å². The fraction of sp³-hybridized carbons (Fsp3) is 0.650. The molecule has 2 aliphatic heterocycles. The number of rotatable bonds is 18. The first-order valence-electron chi connectivity index (χ1n) is 21.3. The highest BCUT2D eigenvalue weighted by molar-refractivity contribution is 7.80. The zero-order chi connectivity index (χ0) is 48.7. The number of esters is 1. The number of carbonyl (C=O) groups is 4. The Bertz CT molecular complexity index is 2370. The fourth-order valence-corrected chi connectivity index (χ4v) is 9.07. The number of aromatic nitrogens is 5. The second kappa shape index (κ2) is 22.2. The molecule has 1 saturated carbocycles. The van der Waals surface area contributed by atoms with Gasteiger partial charge in [-0.05, 0) is 31.2 Å². The minimum Gasteiger partial charge on any atom is -0.467 e. The Morgan fingerprint density at radius 3 is 2.39 bits per heavy atom. The van der Waals surface area contributed by atoms with E-state index < -0.39 is 108 Å². The van der Waals surface area contributed by atoms with E-state index in [-0.39, 0.29) is 30.7 Å². The summed E-state index contributed by atoms with van der Waals surface area (Å²) in [7, 11) is -1.62. The van der Waals surface area contributed by atoms with Gasteiger partial charge in [-0.3, -0.25) is 23.4 Å². The largest absolute Gasteiger partial charge is 0.467 e. The highest BCUT2D eigenvalue weighted by Crippen LogP contribution is 2.38. The average Bonchev–Trinajstić information content (AvgIpc) is 4.10. The number of amides is 3. The highest BCUT2D eigenvalue weighted by atomic mass is 32.3. The van der Waals surface area contributed by atoms with E-state index in [9.17, 15) is 42.9 Å². The maximum atomic E-state index is 13.7. The lowest BCUT2D eigenvalue weighted by molar-refractivity contribution is -0.338. The van der Waals surface area contributed by atoms with Crippen LogP contribution in [0.2, 0.25) is 0 Å². The summed E-state index contributed by atoms with van der Waals surface area (Å²) in [4.78, 5) is 65.1. The van der Waals surface area contributed by atoms with Crippen LogP contribution >= 0.6 is 0 Å². The molecule has 6 rings (SSSR count). The molecule has 0 radical (unpaired) electrons. The van der Waals surface area contributed by atoms with Crippen molar-refractivity contribution in [3.8, 4) is 11.3 Å². The quantitative estimate of drug-likeness (QED) is 0.0449. The molecule has 3 amide bonds. The Balaban J connectivity index is 1.13. The number of fused-ring (bicyclic) bond motifs is 1. The van der Waals surface area contributed by atoms with Crippen LogP contribution in [0.4, 0.5) is 4.79 Å². The molecule has 1 aliphatic carbocycles. The first kappa shape index (κ1) is 51.1. The summed E-state index contributed by atoms with van der Waals surface area (Å²) in [5, 5.41) is 46.1.